The summed E-state index contributed by atoms with van der Waals surface area (Å²) in [5.41, 5.74) is 3.17. The number of anilines is 2. The first-order chi connectivity index (χ1) is 23.4. The van der Waals surface area contributed by atoms with E-state index in [2.05, 4.69) is 16.0 Å². The van der Waals surface area contributed by atoms with Gasteiger partial charge in [0.25, 0.3) is 11.8 Å². The summed E-state index contributed by atoms with van der Waals surface area (Å²) in [5, 5.41) is 10.7. The fourth-order valence-corrected chi connectivity index (χ4v) is 6.40. The lowest BCUT2D eigenvalue weighted by Crippen LogP contribution is -2.30. The summed E-state index contributed by atoms with van der Waals surface area (Å²) < 4.78 is 0. The normalized spacial score (nSPS) is 11.8. The van der Waals surface area contributed by atoms with Gasteiger partial charge in [-0.15, -0.1) is 11.8 Å². The van der Waals surface area contributed by atoms with Gasteiger partial charge in [0.2, 0.25) is 5.91 Å². The summed E-state index contributed by atoms with van der Waals surface area (Å²) in [6.45, 7) is 0. The van der Waals surface area contributed by atoms with Crippen LogP contribution in [0.5, 0.6) is 0 Å². The quantitative estimate of drug-likeness (QED) is 0.100. The molecule has 0 saturated carbocycles. The van der Waals surface area contributed by atoms with Crippen molar-refractivity contribution in [1.29, 1.82) is 0 Å². The van der Waals surface area contributed by atoms with Crippen molar-refractivity contribution >= 4 is 69.3 Å². The summed E-state index contributed by atoms with van der Waals surface area (Å²) in [5.74, 6) is -1.12. The molecule has 0 aliphatic carbocycles. The van der Waals surface area contributed by atoms with Crippen molar-refractivity contribution in [2.45, 2.75) is 10.1 Å². The Bertz CT molecular complexity index is 2110. The van der Waals surface area contributed by atoms with Crippen LogP contribution in [0, 0.1) is 0 Å². The van der Waals surface area contributed by atoms with Gasteiger partial charge in [-0.25, -0.2) is 0 Å². The molecule has 48 heavy (non-hydrogen) atoms. The molecule has 0 bridgehead atoms. The van der Waals surface area contributed by atoms with Crippen LogP contribution >= 0.6 is 23.4 Å². The molecule has 0 aliphatic rings. The molecule has 0 saturated heterocycles. The largest absolute Gasteiger partial charge is 0.324 e. The SMILES string of the molecule is O=C(Nc1cccc(SC(C(=O)Nc2cccc3ccccc23)c2ccccc2)c1)/C(=C/c1cccc(Cl)c1)NC(=O)c1ccccc1. The average Bonchev–Trinajstić information content (AvgIpc) is 3.11. The van der Waals surface area contributed by atoms with E-state index in [1.54, 1.807) is 66.7 Å². The minimum atomic E-state index is -0.584. The third-order valence-corrected chi connectivity index (χ3v) is 8.91. The van der Waals surface area contributed by atoms with Crippen molar-refractivity contribution in [2.75, 3.05) is 10.6 Å². The molecule has 0 aromatic heterocycles. The summed E-state index contributed by atoms with van der Waals surface area (Å²) in [6.07, 6.45) is 1.57. The van der Waals surface area contributed by atoms with Gasteiger partial charge < -0.3 is 16.0 Å². The monoisotopic (exact) mass is 667 g/mol. The predicted molar refractivity (Wildman–Crippen MR) is 196 cm³/mol. The first-order valence-corrected chi connectivity index (χ1v) is 16.4. The number of amides is 3. The summed E-state index contributed by atoms with van der Waals surface area (Å²) in [7, 11) is 0. The van der Waals surface area contributed by atoms with Crippen molar-refractivity contribution in [1.82, 2.24) is 5.32 Å². The Morgan fingerprint density at radius 2 is 1.35 bits per heavy atom. The molecular weight excluding hydrogens is 638 g/mol. The molecule has 6 aromatic rings. The lowest BCUT2D eigenvalue weighted by molar-refractivity contribution is -0.116. The van der Waals surface area contributed by atoms with E-state index in [0.717, 1.165) is 26.9 Å². The first-order valence-electron chi connectivity index (χ1n) is 15.2. The molecule has 0 spiro atoms. The van der Waals surface area contributed by atoms with Gasteiger partial charge in [-0.05, 0) is 71.1 Å². The maximum Gasteiger partial charge on any atom is 0.272 e. The van der Waals surface area contributed by atoms with Gasteiger partial charge in [-0.3, -0.25) is 14.4 Å². The first kappa shape index (κ1) is 32.3. The second-order valence-corrected chi connectivity index (χ2v) is 12.5. The van der Waals surface area contributed by atoms with Gasteiger partial charge in [0.15, 0.2) is 0 Å². The van der Waals surface area contributed by atoms with Crippen LogP contribution < -0.4 is 16.0 Å². The summed E-state index contributed by atoms with van der Waals surface area (Å²) in [6, 6.07) is 46.2. The predicted octanol–water partition coefficient (Wildman–Crippen LogP) is 9.37. The number of carbonyl (C=O) groups is 3. The topological polar surface area (TPSA) is 87.3 Å². The maximum atomic E-state index is 13.9. The number of nitrogens with one attached hydrogen (secondary N) is 3. The van der Waals surface area contributed by atoms with Crippen molar-refractivity contribution in [3.05, 3.63) is 179 Å². The number of carbonyl (C=O) groups excluding carboxylic acids is 3. The van der Waals surface area contributed by atoms with Crippen LogP contribution in [0.1, 0.15) is 26.7 Å². The van der Waals surface area contributed by atoms with Crippen LogP contribution in [0.15, 0.2) is 162 Å². The number of rotatable bonds is 10. The van der Waals surface area contributed by atoms with Gasteiger partial charge in [0.05, 0.1) is 0 Å². The highest BCUT2D eigenvalue weighted by atomic mass is 35.5. The van der Waals surface area contributed by atoms with Crippen LogP contribution in [0.25, 0.3) is 16.8 Å². The Morgan fingerprint density at radius 3 is 2.15 bits per heavy atom. The lowest BCUT2D eigenvalue weighted by atomic mass is 10.1. The molecular formula is C40H30ClN3O3S. The Balaban J connectivity index is 1.24. The van der Waals surface area contributed by atoms with E-state index in [0.29, 0.717) is 21.8 Å². The van der Waals surface area contributed by atoms with Crippen LogP contribution in [0.3, 0.4) is 0 Å². The van der Waals surface area contributed by atoms with E-state index >= 15 is 0 Å². The highest BCUT2D eigenvalue weighted by Gasteiger charge is 2.23. The number of hydrogen-bond acceptors (Lipinski definition) is 4. The molecule has 0 heterocycles. The smallest absolute Gasteiger partial charge is 0.272 e. The van der Waals surface area contributed by atoms with Crippen molar-refractivity contribution in [3.63, 3.8) is 0 Å². The zero-order chi connectivity index (χ0) is 33.3. The molecule has 0 aliphatic heterocycles. The van der Waals surface area contributed by atoms with Gasteiger partial charge in [0.1, 0.15) is 10.9 Å². The summed E-state index contributed by atoms with van der Waals surface area (Å²) >= 11 is 7.56. The molecule has 0 fully saturated rings. The van der Waals surface area contributed by atoms with Crippen LogP contribution in [0.4, 0.5) is 11.4 Å². The van der Waals surface area contributed by atoms with E-state index in [1.165, 1.54) is 11.8 Å². The van der Waals surface area contributed by atoms with Gasteiger partial charge in [-0.2, -0.15) is 0 Å². The second kappa shape index (κ2) is 15.3. The highest BCUT2D eigenvalue weighted by Crippen LogP contribution is 2.38. The molecule has 6 nitrogen and oxygen atoms in total. The molecule has 6 rings (SSSR count). The highest BCUT2D eigenvalue weighted by molar-refractivity contribution is 8.00. The number of benzene rings is 6. The molecule has 8 heteroatoms. The Labute approximate surface area is 287 Å². The van der Waals surface area contributed by atoms with Crippen molar-refractivity contribution in [2.24, 2.45) is 0 Å². The van der Waals surface area contributed by atoms with Gasteiger partial charge in [0, 0.05) is 32.2 Å². The third-order valence-electron chi connectivity index (χ3n) is 7.42. The zero-order valence-electron chi connectivity index (χ0n) is 25.6. The number of thioether (sulfide) groups is 1. The zero-order valence-corrected chi connectivity index (χ0v) is 27.2. The third kappa shape index (κ3) is 8.20. The Hall–Kier alpha value is -5.63. The second-order valence-electron chi connectivity index (χ2n) is 10.8. The molecule has 6 aromatic carbocycles. The van der Waals surface area contributed by atoms with Crippen LogP contribution in [-0.2, 0) is 9.59 Å². The molecule has 0 radical (unpaired) electrons. The van der Waals surface area contributed by atoms with E-state index in [9.17, 15) is 14.4 Å². The van der Waals surface area contributed by atoms with Crippen molar-refractivity contribution in [3.8, 4) is 0 Å². The molecule has 1 atom stereocenters. The summed E-state index contributed by atoms with van der Waals surface area (Å²) in [4.78, 5) is 41.3. The minimum Gasteiger partial charge on any atom is -0.324 e. The van der Waals surface area contributed by atoms with Crippen LogP contribution in [-0.4, -0.2) is 17.7 Å². The lowest BCUT2D eigenvalue weighted by Gasteiger charge is -2.18. The van der Waals surface area contributed by atoms with Gasteiger partial charge >= 0.3 is 0 Å². The maximum absolute atomic E-state index is 13.9. The van der Waals surface area contributed by atoms with Crippen LogP contribution in [0.2, 0.25) is 5.02 Å². The fraction of sp³-hybridized carbons (Fsp3) is 0.0250. The van der Waals surface area contributed by atoms with Gasteiger partial charge in [-0.1, -0.05) is 115 Å². The fourth-order valence-electron chi connectivity index (χ4n) is 5.12. The number of hydrogen-bond donors (Lipinski definition) is 3. The number of fused-ring (bicyclic) bond motifs is 1. The minimum absolute atomic E-state index is 0.0424. The molecule has 1 unspecified atom stereocenters. The number of halogens is 1. The Kier molecular flexibility index (Phi) is 10.3. The van der Waals surface area contributed by atoms with E-state index < -0.39 is 17.1 Å². The Morgan fingerprint density at radius 1 is 0.667 bits per heavy atom. The standard InChI is InChI=1S/C40H30ClN3O3S/c41-31-19-9-12-27(24-31)25-36(44-38(45)30-16-5-2-6-17-30)39(46)42-32-20-11-21-33(26-32)48-37(29-14-3-1-4-15-29)40(47)43-35-23-10-18-28-13-7-8-22-34(28)35/h1-26,37H,(H,42,46)(H,43,47)(H,44,45)/b36-25-. The van der Waals surface area contributed by atoms with E-state index in [-0.39, 0.29) is 11.6 Å². The van der Waals surface area contributed by atoms with E-state index in [1.807, 2.05) is 91.0 Å². The average molecular weight is 668 g/mol. The molecule has 3 N–H and O–H groups in total. The van der Waals surface area contributed by atoms with Crippen molar-refractivity contribution < 1.29 is 14.4 Å². The molecule has 3 amide bonds. The van der Waals surface area contributed by atoms with E-state index in [4.69, 9.17) is 11.6 Å². The molecule has 236 valence electrons.